The van der Waals surface area contributed by atoms with Gasteiger partial charge in [0.05, 0.1) is 6.26 Å². The second-order valence-electron chi connectivity index (χ2n) is 5.73. The molecule has 0 bridgehead atoms. The minimum absolute atomic E-state index is 0. The van der Waals surface area contributed by atoms with Gasteiger partial charge in [-0.3, -0.25) is 4.99 Å². The van der Waals surface area contributed by atoms with Crippen LogP contribution in [0, 0.1) is 0 Å². The zero-order chi connectivity index (χ0) is 16.6. The number of furan rings is 1. The molecule has 0 aromatic carbocycles. The molecule has 7 heteroatoms. The van der Waals surface area contributed by atoms with Crippen LogP contribution in [0.5, 0.6) is 0 Å². The Morgan fingerprint density at radius 2 is 2.04 bits per heavy atom. The van der Waals surface area contributed by atoms with Crippen LogP contribution in [0.3, 0.4) is 0 Å². The normalized spacial score (nSPS) is 15.0. The highest BCUT2D eigenvalue weighted by molar-refractivity contribution is 14.0. The summed E-state index contributed by atoms with van der Waals surface area (Å²) in [6, 6.07) is 9.97. The fourth-order valence-electron chi connectivity index (χ4n) is 2.84. The quantitative estimate of drug-likeness (QED) is 0.427. The third-order valence-corrected chi connectivity index (χ3v) is 4.09. The van der Waals surface area contributed by atoms with E-state index in [9.17, 15) is 0 Å². The van der Waals surface area contributed by atoms with Gasteiger partial charge in [0.2, 0.25) is 0 Å². The summed E-state index contributed by atoms with van der Waals surface area (Å²) in [5, 5.41) is 3.40. The number of nitrogens with one attached hydrogen (secondary N) is 1. The van der Waals surface area contributed by atoms with Gasteiger partial charge in [-0.1, -0.05) is 6.07 Å². The highest BCUT2D eigenvalue weighted by atomic mass is 127. The Morgan fingerprint density at radius 1 is 1.20 bits per heavy atom. The van der Waals surface area contributed by atoms with Crippen LogP contribution in [0.4, 0.5) is 5.82 Å². The smallest absolute Gasteiger partial charge is 0.194 e. The van der Waals surface area contributed by atoms with Crippen LogP contribution in [0.25, 0.3) is 0 Å². The van der Waals surface area contributed by atoms with E-state index in [1.807, 2.05) is 30.5 Å². The van der Waals surface area contributed by atoms with Gasteiger partial charge in [-0.25, -0.2) is 4.98 Å². The number of aromatic nitrogens is 1. The lowest BCUT2D eigenvalue weighted by Crippen LogP contribution is -2.52. The first-order valence-electron chi connectivity index (χ1n) is 8.58. The van der Waals surface area contributed by atoms with Crippen LogP contribution in [-0.2, 0) is 6.42 Å². The second kappa shape index (κ2) is 10.3. The van der Waals surface area contributed by atoms with Gasteiger partial charge in [0.1, 0.15) is 11.6 Å². The Bertz CT molecular complexity index is 624. The maximum absolute atomic E-state index is 5.37. The van der Waals surface area contributed by atoms with Crippen molar-refractivity contribution in [3.63, 3.8) is 0 Å². The number of guanidine groups is 1. The van der Waals surface area contributed by atoms with Crippen LogP contribution in [0.2, 0.25) is 0 Å². The van der Waals surface area contributed by atoms with Crippen molar-refractivity contribution in [2.45, 2.75) is 13.3 Å². The molecule has 2 aromatic heterocycles. The molecule has 1 N–H and O–H groups in total. The molecule has 3 rings (SSSR count). The summed E-state index contributed by atoms with van der Waals surface area (Å²) in [4.78, 5) is 13.8. The fraction of sp³-hybridized carbons (Fsp3) is 0.444. The zero-order valence-corrected chi connectivity index (χ0v) is 16.9. The van der Waals surface area contributed by atoms with E-state index in [1.165, 1.54) is 0 Å². The van der Waals surface area contributed by atoms with Crippen LogP contribution >= 0.6 is 24.0 Å². The molecule has 136 valence electrons. The lowest BCUT2D eigenvalue weighted by Gasteiger charge is -2.37. The highest BCUT2D eigenvalue weighted by Crippen LogP contribution is 2.12. The molecule has 0 amide bonds. The molecule has 0 saturated carbocycles. The van der Waals surface area contributed by atoms with Crippen molar-refractivity contribution in [1.29, 1.82) is 0 Å². The van der Waals surface area contributed by atoms with E-state index >= 15 is 0 Å². The number of anilines is 1. The summed E-state index contributed by atoms with van der Waals surface area (Å²) in [6.07, 6.45) is 4.39. The van der Waals surface area contributed by atoms with Crippen molar-refractivity contribution in [3.05, 3.63) is 48.6 Å². The molecule has 1 aliphatic heterocycles. The standard InChI is InChI=1S/C18H25N5O.HI/c1-2-19-18(21-10-8-16-6-5-15-24-16)23-13-11-22(12-14-23)17-7-3-4-9-20-17;/h3-7,9,15H,2,8,10-14H2,1H3,(H,19,21);1H. The van der Waals surface area contributed by atoms with Crippen molar-refractivity contribution in [2.24, 2.45) is 4.99 Å². The largest absolute Gasteiger partial charge is 0.469 e. The molecule has 0 atom stereocenters. The summed E-state index contributed by atoms with van der Waals surface area (Å²) in [5.74, 6) is 3.02. The average molecular weight is 455 g/mol. The van der Waals surface area contributed by atoms with Gasteiger partial charge in [-0.05, 0) is 31.2 Å². The van der Waals surface area contributed by atoms with Crippen LogP contribution in [-0.4, -0.2) is 55.1 Å². The van der Waals surface area contributed by atoms with E-state index in [0.29, 0.717) is 0 Å². The maximum Gasteiger partial charge on any atom is 0.194 e. The number of pyridine rings is 1. The van der Waals surface area contributed by atoms with Gasteiger partial charge in [0.25, 0.3) is 0 Å². The number of piperazine rings is 1. The molecular weight excluding hydrogens is 429 g/mol. The molecule has 1 saturated heterocycles. The van der Waals surface area contributed by atoms with Crippen molar-refractivity contribution in [2.75, 3.05) is 44.2 Å². The molecule has 1 fully saturated rings. The monoisotopic (exact) mass is 455 g/mol. The third kappa shape index (κ3) is 5.62. The maximum atomic E-state index is 5.37. The Hall–Kier alpha value is -1.77. The molecule has 25 heavy (non-hydrogen) atoms. The Morgan fingerprint density at radius 3 is 2.68 bits per heavy atom. The van der Waals surface area contributed by atoms with Crippen LogP contribution in [0.15, 0.2) is 52.2 Å². The minimum Gasteiger partial charge on any atom is -0.469 e. The average Bonchev–Trinajstić information content (AvgIpc) is 3.15. The van der Waals surface area contributed by atoms with Gasteiger partial charge >= 0.3 is 0 Å². The topological polar surface area (TPSA) is 56.9 Å². The number of hydrogen-bond acceptors (Lipinski definition) is 4. The number of nitrogens with zero attached hydrogens (tertiary/aromatic N) is 4. The van der Waals surface area contributed by atoms with Crippen LogP contribution < -0.4 is 10.2 Å². The van der Waals surface area contributed by atoms with Gasteiger partial charge in [0, 0.05) is 51.9 Å². The van der Waals surface area contributed by atoms with E-state index in [0.717, 1.165) is 63.2 Å². The summed E-state index contributed by atoms with van der Waals surface area (Å²) in [6.45, 7) is 7.52. The van der Waals surface area contributed by atoms with E-state index in [-0.39, 0.29) is 24.0 Å². The van der Waals surface area contributed by atoms with E-state index < -0.39 is 0 Å². The van der Waals surface area contributed by atoms with E-state index in [4.69, 9.17) is 9.41 Å². The van der Waals surface area contributed by atoms with Crippen LogP contribution in [0.1, 0.15) is 12.7 Å². The minimum atomic E-state index is 0. The molecule has 2 aromatic rings. The van der Waals surface area contributed by atoms with Crippen molar-refractivity contribution in [3.8, 4) is 0 Å². The van der Waals surface area contributed by atoms with E-state index in [2.05, 4.69) is 33.1 Å². The number of hydrogen-bond donors (Lipinski definition) is 1. The van der Waals surface area contributed by atoms with Crippen molar-refractivity contribution >= 4 is 35.8 Å². The fourth-order valence-corrected chi connectivity index (χ4v) is 2.84. The molecule has 0 unspecified atom stereocenters. The first kappa shape index (κ1) is 19.6. The SMILES string of the molecule is CCNC(=NCCc1ccco1)N1CCN(c2ccccn2)CC1.I. The molecule has 0 radical (unpaired) electrons. The predicted molar refractivity (Wildman–Crippen MR) is 112 cm³/mol. The van der Waals surface area contributed by atoms with Crippen molar-refractivity contribution in [1.82, 2.24) is 15.2 Å². The molecular formula is C18H26IN5O. The summed E-state index contributed by atoms with van der Waals surface area (Å²) in [5.41, 5.74) is 0. The van der Waals surface area contributed by atoms with Gasteiger partial charge in [-0.2, -0.15) is 0 Å². The lowest BCUT2D eigenvalue weighted by atomic mass is 10.3. The number of halogens is 1. The number of aliphatic imine (C=N–C) groups is 1. The Kier molecular flexibility index (Phi) is 8.03. The predicted octanol–water partition coefficient (Wildman–Crippen LogP) is 2.62. The Balaban J connectivity index is 0.00000225. The first-order valence-corrected chi connectivity index (χ1v) is 8.58. The molecule has 0 aliphatic carbocycles. The van der Waals surface area contributed by atoms with Gasteiger partial charge in [0.15, 0.2) is 5.96 Å². The molecule has 1 aliphatic rings. The number of rotatable bonds is 5. The van der Waals surface area contributed by atoms with E-state index in [1.54, 1.807) is 6.26 Å². The summed E-state index contributed by atoms with van der Waals surface area (Å²) in [7, 11) is 0. The summed E-state index contributed by atoms with van der Waals surface area (Å²) >= 11 is 0. The highest BCUT2D eigenvalue weighted by Gasteiger charge is 2.20. The third-order valence-electron chi connectivity index (χ3n) is 4.09. The molecule has 0 spiro atoms. The molecule has 6 nitrogen and oxygen atoms in total. The van der Waals surface area contributed by atoms with Gasteiger partial charge < -0.3 is 19.5 Å². The molecule has 3 heterocycles. The first-order chi connectivity index (χ1) is 11.9. The van der Waals surface area contributed by atoms with Gasteiger partial charge in [-0.15, -0.1) is 24.0 Å². The zero-order valence-electron chi connectivity index (χ0n) is 14.6. The van der Waals surface area contributed by atoms with Crippen molar-refractivity contribution < 1.29 is 4.42 Å². The summed E-state index contributed by atoms with van der Waals surface area (Å²) < 4.78 is 5.37. The lowest BCUT2D eigenvalue weighted by molar-refractivity contribution is 0.371. The second-order valence-corrected chi connectivity index (χ2v) is 5.73. The Labute approximate surface area is 166 Å².